The molecule has 0 spiro atoms. The van der Waals surface area contributed by atoms with E-state index >= 15 is 0 Å². The van der Waals surface area contributed by atoms with E-state index in [2.05, 4.69) is 10.6 Å². The van der Waals surface area contributed by atoms with Crippen molar-refractivity contribution >= 4 is 41.4 Å². The number of benzene rings is 3. The topological polar surface area (TPSA) is 232 Å². The summed E-state index contributed by atoms with van der Waals surface area (Å²) in [5, 5.41) is 32.3. The predicted molar refractivity (Wildman–Crippen MR) is 157 cm³/mol. The van der Waals surface area contributed by atoms with Crippen LogP contribution in [0.2, 0.25) is 0 Å². The fourth-order valence-corrected chi connectivity index (χ4v) is 4.83. The Labute approximate surface area is 255 Å². The zero-order valence-corrected chi connectivity index (χ0v) is 23.7. The Hall–Kier alpha value is -5.92. The summed E-state index contributed by atoms with van der Waals surface area (Å²) >= 11 is 0. The lowest BCUT2D eigenvalue weighted by molar-refractivity contribution is -0.138. The molecule has 14 nitrogen and oxygen atoms in total. The van der Waals surface area contributed by atoms with E-state index in [1.165, 1.54) is 42.5 Å². The van der Waals surface area contributed by atoms with E-state index in [1.807, 2.05) is 0 Å². The Balaban J connectivity index is 1.90. The van der Waals surface area contributed by atoms with Crippen molar-refractivity contribution in [2.24, 2.45) is 0 Å². The number of fused-ring (bicyclic) bond motifs is 2. The number of rotatable bonds is 10. The molecule has 0 aliphatic carbocycles. The predicted octanol–water partition coefficient (Wildman–Crippen LogP) is 1.85. The van der Waals surface area contributed by atoms with Crippen molar-refractivity contribution in [3.63, 3.8) is 0 Å². The standard InChI is InChI=1S/C31H29N3O11/c32-19-6-7-20-17(13-19)5-2-10-44-26-22(28(39)33-14-24(35)36)9-8-21(27(26)45-31(20)43)23(29(40)34-15-25(37)38)12-16-3-1-4-18(11-16)30(41)42/h1,3-4,6-9,11,13,23H,2,5,10,12,14-15,32H2,(H,33,39)(H,34,40)(H,35,36)(H,37,38)(H,41,42). The summed E-state index contributed by atoms with van der Waals surface area (Å²) in [5.41, 5.74) is 7.25. The van der Waals surface area contributed by atoms with Gasteiger partial charge in [0.15, 0.2) is 11.5 Å². The second-order valence-electron chi connectivity index (χ2n) is 10.1. The van der Waals surface area contributed by atoms with Gasteiger partial charge in [-0.3, -0.25) is 19.2 Å². The van der Waals surface area contributed by atoms with E-state index in [9.17, 15) is 39.0 Å². The molecule has 1 aliphatic rings. The summed E-state index contributed by atoms with van der Waals surface area (Å²) < 4.78 is 11.8. The number of nitrogens with two attached hydrogens (primary N) is 1. The minimum absolute atomic E-state index is 0.0119. The van der Waals surface area contributed by atoms with Crippen LogP contribution < -0.4 is 25.8 Å². The molecule has 0 saturated carbocycles. The number of aromatic carboxylic acids is 1. The number of nitrogens with one attached hydrogen (secondary N) is 2. The number of aryl methyl sites for hydroxylation is 1. The van der Waals surface area contributed by atoms with Gasteiger partial charge in [0, 0.05) is 11.3 Å². The van der Waals surface area contributed by atoms with Gasteiger partial charge in [0.2, 0.25) is 5.91 Å². The Morgan fingerprint density at radius 3 is 2.33 bits per heavy atom. The lowest BCUT2D eigenvalue weighted by atomic mass is 9.88. The quantitative estimate of drug-likeness (QED) is 0.108. The van der Waals surface area contributed by atoms with E-state index in [0.29, 0.717) is 29.7 Å². The van der Waals surface area contributed by atoms with Crippen LogP contribution in [0.4, 0.5) is 5.69 Å². The van der Waals surface area contributed by atoms with E-state index in [4.69, 9.17) is 20.3 Å². The molecule has 7 N–H and O–H groups in total. The smallest absolute Gasteiger partial charge is 0.343 e. The fourth-order valence-electron chi connectivity index (χ4n) is 4.83. The van der Waals surface area contributed by atoms with Crippen LogP contribution in [0.3, 0.4) is 0 Å². The lowest BCUT2D eigenvalue weighted by Crippen LogP contribution is -2.35. The van der Waals surface area contributed by atoms with Gasteiger partial charge in [0.25, 0.3) is 5.91 Å². The average Bonchev–Trinajstić information content (AvgIpc) is 3.00. The van der Waals surface area contributed by atoms with Gasteiger partial charge >= 0.3 is 23.9 Å². The minimum atomic E-state index is -1.32. The number of amides is 2. The molecule has 0 bridgehead atoms. The van der Waals surface area contributed by atoms with E-state index < -0.39 is 54.7 Å². The number of carboxylic acids is 3. The summed E-state index contributed by atoms with van der Waals surface area (Å²) in [4.78, 5) is 74.2. The van der Waals surface area contributed by atoms with Crippen molar-refractivity contribution < 1.29 is 53.6 Å². The molecule has 0 radical (unpaired) electrons. The van der Waals surface area contributed by atoms with Crippen LogP contribution in [0.15, 0.2) is 54.6 Å². The Kier molecular flexibility index (Phi) is 9.98. The van der Waals surface area contributed by atoms with Gasteiger partial charge in [-0.2, -0.15) is 0 Å². The van der Waals surface area contributed by atoms with Crippen molar-refractivity contribution in [1.82, 2.24) is 10.6 Å². The lowest BCUT2D eigenvalue weighted by Gasteiger charge is -2.24. The molecule has 1 heterocycles. The summed E-state index contributed by atoms with van der Waals surface area (Å²) in [6.45, 7) is -1.45. The Morgan fingerprint density at radius 1 is 0.889 bits per heavy atom. The number of nitrogen functional groups attached to an aromatic ring is 1. The first kappa shape index (κ1) is 32.0. The third kappa shape index (κ3) is 7.93. The first-order chi connectivity index (χ1) is 21.4. The van der Waals surface area contributed by atoms with Gasteiger partial charge in [-0.1, -0.05) is 18.2 Å². The Bertz CT molecular complexity index is 1690. The van der Waals surface area contributed by atoms with Gasteiger partial charge in [-0.15, -0.1) is 0 Å². The largest absolute Gasteiger partial charge is 0.489 e. The molecule has 1 aliphatic heterocycles. The van der Waals surface area contributed by atoms with Gasteiger partial charge in [-0.05, 0) is 66.8 Å². The molecule has 1 unspecified atom stereocenters. The number of carbonyl (C=O) groups excluding carboxylic acids is 3. The number of carbonyl (C=O) groups is 6. The highest BCUT2D eigenvalue weighted by molar-refractivity contribution is 6.01. The molecular weight excluding hydrogens is 590 g/mol. The highest BCUT2D eigenvalue weighted by atomic mass is 16.6. The highest BCUT2D eigenvalue weighted by Gasteiger charge is 2.32. The van der Waals surface area contributed by atoms with E-state index in [0.717, 1.165) is 0 Å². The first-order valence-electron chi connectivity index (χ1n) is 13.7. The third-order valence-electron chi connectivity index (χ3n) is 6.89. The van der Waals surface area contributed by atoms with Crippen LogP contribution in [0.25, 0.3) is 0 Å². The number of ether oxygens (including phenoxy) is 2. The summed E-state index contributed by atoms with van der Waals surface area (Å²) in [6.07, 6.45) is 0.563. The monoisotopic (exact) mass is 619 g/mol. The summed E-state index contributed by atoms with van der Waals surface area (Å²) in [6, 6.07) is 12.9. The molecule has 4 rings (SSSR count). The number of anilines is 1. The van der Waals surface area contributed by atoms with Gasteiger partial charge in [0.1, 0.15) is 13.1 Å². The van der Waals surface area contributed by atoms with Crippen LogP contribution in [0, 0.1) is 0 Å². The maximum absolute atomic E-state index is 13.6. The van der Waals surface area contributed by atoms with Crippen molar-refractivity contribution in [1.29, 1.82) is 0 Å². The van der Waals surface area contributed by atoms with Crippen LogP contribution in [-0.2, 0) is 27.2 Å². The zero-order valence-electron chi connectivity index (χ0n) is 23.7. The van der Waals surface area contributed by atoms with Crippen LogP contribution in [0.5, 0.6) is 11.5 Å². The fraction of sp³-hybridized carbons (Fsp3) is 0.226. The van der Waals surface area contributed by atoms with E-state index in [1.54, 1.807) is 12.1 Å². The number of esters is 1. The molecule has 0 aromatic heterocycles. The minimum Gasteiger partial charge on any atom is -0.489 e. The number of hydrogen-bond donors (Lipinski definition) is 6. The van der Waals surface area contributed by atoms with Crippen molar-refractivity contribution in [2.45, 2.75) is 25.2 Å². The maximum atomic E-state index is 13.6. The third-order valence-corrected chi connectivity index (χ3v) is 6.89. The highest BCUT2D eigenvalue weighted by Crippen LogP contribution is 2.41. The van der Waals surface area contributed by atoms with Gasteiger partial charge in [-0.25, -0.2) is 9.59 Å². The molecule has 1 atom stereocenters. The second-order valence-corrected chi connectivity index (χ2v) is 10.1. The molecule has 14 heteroatoms. The normalized spacial score (nSPS) is 13.1. The van der Waals surface area contributed by atoms with Crippen molar-refractivity contribution in [3.05, 3.63) is 88.0 Å². The van der Waals surface area contributed by atoms with Crippen LogP contribution >= 0.6 is 0 Å². The van der Waals surface area contributed by atoms with Crippen LogP contribution in [-0.4, -0.2) is 70.7 Å². The molecule has 3 aromatic rings. The maximum Gasteiger partial charge on any atom is 0.343 e. The molecule has 45 heavy (non-hydrogen) atoms. The average molecular weight is 620 g/mol. The van der Waals surface area contributed by atoms with Crippen LogP contribution in [0.1, 0.15) is 60.1 Å². The Morgan fingerprint density at radius 2 is 1.62 bits per heavy atom. The summed E-state index contributed by atoms with van der Waals surface area (Å²) in [7, 11) is 0. The molecule has 0 saturated heterocycles. The molecule has 234 valence electrons. The molecule has 0 fully saturated rings. The molecular formula is C31H29N3O11. The molecule has 3 aromatic carbocycles. The number of hydrogen-bond acceptors (Lipinski definition) is 9. The first-order valence-corrected chi connectivity index (χ1v) is 13.7. The number of carboxylic acid groups (broad SMARTS) is 3. The number of aliphatic carboxylic acids is 2. The van der Waals surface area contributed by atoms with Crippen molar-refractivity contribution in [3.8, 4) is 11.5 Å². The zero-order chi connectivity index (χ0) is 32.7. The second kappa shape index (κ2) is 14.0. The van der Waals surface area contributed by atoms with Gasteiger partial charge < -0.3 is 41.2 Å². The summed E-state index contributed by atoms with van der Waals surface area (Å²) in [5.74, 6) is -8.20. The molecule has 2 amide bonds. The van der Waals surface area contributed by atoms with E-state index in [-0.39, 0.29) is 46.8 Å². The van der Waals surface area contributed by atoms with Gasteiger partial charge in [0.05, 0.1) is 29.2 Å². The SMILES string of the molecule is Nc1ccc2c(c1)CCCOc1c(C(=O)NCC(=O)O)ccc(C(Cc3cccc(C(=O)O)c3)C(=O)NCC(=O)O)c1OC2=O. The van der Waals surface area contributed by atoms with Crippen molar-refractivity contribution in [2.75, 3.05) is 25.4 Å².